The predicted octanol–water partition coefficient (Wildman–Crippen LogP) is 6.59. The summed E-state index contributed by atoms with van der Waals surface area (Å²) in [6.07, 6.45) is 3.58. The Kier molecular flexibility index (Phi) is 6.00. The zero-order chi connectivity index (χ0) is 26.1. The van der Waals surface area contributed by atoms with Crippen molar-refractivity contribution in [2.75, 3.05) is 4.90 Å². The maximum absolute atomic E-state index is 13.6. The number of rotatable bonds is 4. The van der Waals surface area contributed by atoms with E-state index in [2.05, 4.69) is 19.7 Å². The van der Waals surface area contributed by atoms with Crippen LogP contribution >= 0.6 is 0 Å². The summed E-state index contributed by atoms with van der Waals surface area (Å²) in [4.78, 5) is 28.3. The molecule has 0 spiro atoms. The average Bonchev–Trinajstić information content (AvgIpc) is 3.52. The van der Waals surface area contributed by atoms with E-state index in [1.54, 1.807) is 6.20 Å². The van der Waals surface area contributed by atoms with Gasteiger partial charge in [-0.05, 0) is 0 Å². The van der Waals surface area contributed by atoms with E-state index >= 15 is 0 Å². The van der Waals surface area contributed by atoms with E-state index in [-0.39, 0.29) is 31.7 Å². The molecule has 0 unspecified atom stereocenters. The van der Waals surface area contributed by atoms with Crippen LogP contribution in [-0.4, -0.2) is 30.3 Å². The molecule has 178 valence electrons. The van der Waals surface area contributed by atoms with Crippen LogP contribution in [0.25, 0.3) is 27.4 Å². The number of nitriles is 1. The quantitative estimate of drug-likeness (QED) is 0.108. The summed E-state index contributed by atoms with van der Waals surface area (Å²) in [6, 6.07) is 31.2. The second-order valence-corrected chi connectivity index (χ2v) is 10.7. The Bertz CT molecular complexity index is 1800. The SMILES string of the molecule is [C-]#[N+]/C(C#N)=C1\C(=C/c2ccc(N(c3ccccc3)c3ccccn3)[se]2)C(=O)c2nc3ccccc3cc21. The van der Waals surface area contributed by atoms with Gasteiger partial charge >= 0.3 is 225 Å². The molecule has 6 rings (SSSR count). The molecule has 0 bridgehead atoms. The van der Waals surface area contributed by atoms with Crippen molar-refractivity contribution in [3.8, 4) is 6.07 Å². The molecule has 0 radical (unpaired) electrons. The molecule has 7 heteroatoms. The minimum atomic E-state index is -0.271. The molecule has 3 heterocycles. The van der Waals surface area contributed by atoms with Crippen molar-refractivity contribution in [3.63, 3.8) is 0 Å². The van der Waals surface area contributed by atoms with Crippen LogP contribution in [0.4, 0.5) is 16.1 Å². The molecule has 0 N–H and O–H groups in total. The minimum absolute atomic E-state index is 0.112. The van der Waals surface area contributed by atoms with Gasteiger partial charge < -0.3 is 0 Å². The molecule has 1 aliphatic rings. The van der Waals surface area contributed by atoms with E-state index in [1.807, 2.05) is 103 Å². The molecule has 0 aliphatic heterocycles. The number of allylic oxidation sites excluding steroid dienone is 3. The van der Waals surface area contributed by atoms with Gasteiger partial charge in [0, 0.05) is 0 Å². The molecular formula is C31H17N5OSe. The van der Waals surface area contributed by atoms with Crippen molar-refractivity contribution in [2.45, 2.75) is 0 Å². The first kappa shape index (κ1) is 23.3. The molecule has 5 aromatic rings. The van der Waals surface area contributed by atoms with E-state index in [1.165, 1.54) is 0 Å². The fraction of sp³-hybridized carbons (Fsp3) is 0. The van der Waals surface area contributed by atoms with Crippen LogP contribution in [0.15, 0.2) is 108 Å². The van der Waals surface area contributed by atoms with E-state index in [0.29, 0.717) is 22.2 Å². The molecule has 2 aromatic carbocycles. The third-order valence-electron chi connectivity index (χ3n) is 6.19. The van der Waals surface area contributed by atoms with Crippen molar-refractivity contribution in [3.05, 3.63) is 136 Å². The molecule has 3 aromatic heterocycles. The van der Waals surface area contributed by atoms with E-state index in [4.69, 9.17) is 6.57 Å². The number of ketones is 1. The Balaban J connectivity index is 1.49. The number of hydrogen-bond acceptors (Lipinski definition) is 5. The number of Topliss-reactive ketones (excluding diaryl/α,β-unsaturated/α-hetero) is 1. The fourth-order valence-electron chi connectivity index (χ4n) is 4.51. The van der Waals surface area contributed by atoms with E-state index in [9.17, 15) is 10.1 Å². The second-order valence-electron chi connectivity index (χ2n) is 8.45. The predicted molar refractivity (Wildman–Crippen MR) is 149 cm³/mol. The number of aromatic nitrogens is 2. The Morgan fingerprint density at radius 2 is 1.79 bits per heavy atom. The molecule has 0 atom stereocenters. The van der Waals surface area contributed by atoms with Gasteiger partial charge in [-0.2, -0.15) is 0 Å². The zero-order valence-corrected chi connectivity index (χ0v) is 21.6. The fourth-order valence-corrected chi connectivity index (χ4v) is 6.57. The molecule has 0 saturated carbocycles. The van der Waals surface area contributed by atoms with Gasteiger partial charge in [-0.15, -0.1) is 0 Å². The van der Waals surface area contributed by atoms with Crippen molar-refractivity contribution in [1.29, 1.82) is 5.26 Å². The molecule has 38 heavy (non-hydrogen) atoms. The number of nitrogens with zero attached hydrogens (tertiary/aromatic N) is 5. The maximum atomic E-state index is 13.6. The van der Waals surface area contributed by atoms with Gasteiger partial charge in [0.05, 0.1) is 0 Å². The molecule has 0 saturated heterocycles. The third-order valence-corrected chi connectivity index (χ3v) is 8.32. The summed E-state index contributed by atoms with van der Waals surface area (Å²) >= 11 is -0.163. The summed E-state index contributed by atoms with van der Waals surface area (Å²) in [7, 11) is 0. The first-order valence-electron chi connectivity index (χ1n) is 11.7. The molecule has 0 amide bonds. The Morgan fingerprint density at radius 1 is 1.00 bits per heavy atom. The zero-order valence-electron chi connectivity index (χ0n) is 19.9. The van der Waals surface area contributed by atoms with Crippen LogP contribution in [0.5, 0.6) is 0 Å². The summed E-state index contributed by atoms with van der Waals surface area (Å²) in [5.41, 5.74) is 3.08. The van der Waals surface area contributed by atoms with Crippen molar-refractivity contribution in [1.82, 2.24) is 9.97 Å². The normalized spacial score (nSPS) is 14.7. The van der Waals surface area contributed by atoms with E-state index < -0.39 is 0 Å². The number of benzene rings is 2. The van der Waals surface area contributed by atoms with Gasteiger partial charge in [0.15, 0.2) is 0 Å². The van der Waals surface area contributed by atoms with Crippen molar-refractivity contribution >= 4 is 58.9 Å². The summed E-state index contributed by atoms with van der Waals surface area (Å²) in [5.74, 6) is 0.529. The molecule has 0 fully saturated rings. The van der Waals surface area contributed by atoms with Gasteiger partial charge in [-0.25, -0.2) is 0 Å². The Hall–Kier alpha value is -5.07. The van der Waals surface area contributed by atoms with Crippen LogP contribution in [0.2, 0.25) is 0 Å². The first-order chi connectivity index (χ1) is 18.7. The number of anilines is 3. The molecular weight excluding hydrogens is 537 g/mol. The average molecular weight is 554 g/mol. The Morgan fingerprint density at radius 3 is 2.55 bits per heavy atom. The van der Waals surface area contributed by atoms with Crippen LogP contribution in [0, 0.1) is 17.9 Å². The number of hydrogen-bond donors (Lipinski definition) is 0. The van der Waals surface area contributed by atoms with Crippen LogP contribution in [0.1, 0.15) is 20.5 Å². The van der Waals surface area contributed by atoms with Crippen molar-refractivity contribution < 1.29 is 4.79 Å². The van der Waals surface area contributed by atoms with Crippen LogP contribution in [0.3, 0.4) is 0 Å². The number of carbonyl (C=O) groups is 1. The van der Waals surface area contributed by atoms with Gasteiger partial charge in [0.25, 0.3) is 0 Å². The van der Waals surface area contributed by atoms with Gasteiger partial charge in [0.2, 0.25) is 0 Å². The van der Waals surface area contributed by atoms with E-state index in [0.717, 1.165) is 25.9 Å². The summed E-state index contributed by atoms with van der Waals surface area (Å²) in [6.45, 7) is 7.60. The van der Waals surface area contributed by atoms with Crippen LogP contribution in [-0.2, 0) is 0 Å². The standard InChI is InChI=1S/C31H17N5OSe/c1-33-26(19-32)29-23-17-20-9-5-6-12-25(20)35-30(23)31(37)24(29)18-22-14-15-28(38-22)36(21-10-3-2-4-11-21)27-13-7-8-16-34-27/h2-18H/b24-18+,29-26-. The van der Waals surface area contributed by atoms with Crippen molar-refractivity contribution in [2.24, 2.45) is 0 Å². The topological polar surface area (TPSA) is 74.2 Å². The number of para-hydroxylation sites is 2. The van der Waals surface area contributed by atoms with Crippen LogP contribution < -0.4 is 4.90 Å². The van der Waals surface area contributed by atoms with Gasteiger partial charge in [0.1, 0.15) is 0 Å². The molecule has 1 aliphatic carbocycles. The first-order valence-corrected chi connectivity index (χ1v) is 13.4. The Labute approximate surface area is 225 Å². The summed E-state index contributed by atoms with van der Waals surface area (Å²) in [5, 5.41) is 10.6. The monoisotopic (exact) mass is 555 g/mol. The number of fused-ring (bicyclic) bond motifs is 2. The second kappa shape index (κ2) is 9.76. The summed E-state index contributed by atoms with van der Waals surface area (Å²) < 4.78 is 2.00. The molecule has 6 nitrogen and oxygen atoms in total. The number of pyridine rings is 2. The van der Waals surface area contributed by atoms with Gasteiger partial charge in [-0.1, -0.05) is 0 Å². The third kappa shape index (κ3) is 4.03. The number of carbonyl (C=O) groups excluding carboxylic acids is 1. The van der Waals surface area contributed by atoms with Gasteiger partial charge in [-0.3, -0.25) is 0 Å².